The van der Waals surface area contributed by atoms with E-state index in [1.807, 2.05) is 31.3 Å². The molecule has 1 heterocycles. The van der Waals surface area contributed by atoms with Gasteiger partial charge in [0, 0.05) is 17.5 Å². The van der Waals surface area contributed by atoms with Crippen molar-refractivity contribution in [1.29, 1.82) is 0 Å². The van der Waals surface area contributed by atoms with Crippen LogP contribution < -0.4 is 5.32 Å². The monoisotopic (exact) mass is 378 g/mol. The van der Waals surface area contributed by atoms with Gasteiger partial charge >= 0.3 is 0 Å². The summed E-state index contributed by atoms with van der Waals surface area (Å²) < 4.78 is 25.0. The van der Waals surface area contributed by atoms with Gasteiger partial charge in [0.1, 0.15) is 0 Å². The quantitative estimate of drug-likeness (QED) is 0.712. The molecule has 1 unspecified atom stereocenters. The summed E-state index contributed by atoms with van der Waals surface area (Å²) in [6.07, 6.45) is 3.83. The molecule has 0 radical (unpaired) electrons. The lowest BCUT2D eigenvalue weighted by atomic mass is 9.88. The fraction of sp³-hybridized carbons (Fsp3) is 0.263. The number of fused-ring (bicyclic) bond motifs is 1. The summed E-state index contributed by atoms with van der Waals surface area (Å²) in [7, 11) is -1.32. The Bertz CT molecular complexity index is 936. The average molecular weight is 379 g/mol. The number of nitrogens with one attached hydrogen (secondary N) is 1. The molecule has 0 fully saturated rings. The third-order valence-electron chi connectivity index (χ3n) is 4.32. The number of halogens is 1. The molecular formula is C19H23ClN2O2S. The highest BCUT2D eigenvalue weighted by Crippen LogP contribution is 2.30. The van der Waals surface area contributed by atoms with Crippen molar-refractivity contribution in [3.8, 4) is 0 Å². The molecule has 3 aromatic rings. The summed E-state index contributed by atoms with van der Waals surface area (Å²) in [6, 6.07) is 18.3. The molecule has 0 saturated heterocycles. The maximum atomic E-state index is 11.8. The van der Waals surface area contributed by atoms with Crippen LogP contribution in [0.3, 0.4) is 0 Å². The molecule has 134 valence electrons. The predicted octanol–water partition coefficient (Wildman–Crippen LogP) is 3.61. The molecule has 1 N–H and O–H groups in total. The van der Waals surface area contributed by atoms with Crippen LogP contribution in [-0.4, -0.2) is 32.2 Å². The number of hydrogen-bond donors (Lipinski definition) is 1. The van der Waals surface area contributed by atoms with Crippen LogP contribution in [0.5, 0.6) is 0 Å². The Morgan fingerprint density at radius 2 is 1.76 bits per heavy atom. The second-order valence-electron chi connectivity index (χ2n) is 6.05. The van der Waals surface area contributed by atoms with E-state index in [0.29, 0.717) is 0 Å². The highest BCUT2D eigenvalue weighted by atomic mass is 35.5. The van der Waals surface area contributed by atoms with Gasteiger partial charge in [0.2, 0.25) is 10.0 Å². The van der Waals surface area contributed by atoms with Gasteiger partial charge in [-0.2, -0.15) is 0 Å². The van der Waals surface area contributed by atoms with Crippen LogP contribution in [0, 0.1) is 0 Å². The van der Waals surface area contributed by atoms with Crippen LogP contribution >= 0.6 is 12.4 Å². The number of aromatic nitrogens is 1. The van der Waals surface area contributed by atoms with E-state index in [1.165, 1.54) is 21.4 Å². The normalized spacial score (nSPS) is 12.7. The third kappa shape index (κ3) is 4.24. The summed E-state index contributed by atoms with van der Waals surface area (Å²) in [5, 5.41) is 4.16. The van der Waals surface area contributed by atoms with Crippen LogP contribution in [0.4, 0.5) is 0 Å². The minimum absolute atomic E-state index is 0. The fourth-order valence-corrected chi connectivity index (χ4v) is 3.95. The Balaban J connectivity index is 0.00000225. The van der Waals surface area contributed by atoms with Crippen molar-refractivity contribution in [2.45, 2.75) is 12.3 Å². The van der Waals surface area contributed by atoms with Crippen molar-refractivity contribution >= 4 is 33.3 Å². The van der Waals surface area contributed by atoms with Crippen molar-refractivity contribution in [2.24, 2.45) is 0 Å². The Kier molecular flexibility index (Phi) is 6.27. The van der Waals surface area contributed by atoms with Crippen molar-refractivity contribution < 1.29 is 8.42 Å². The lowest BCUT2D eigenvalue weighted by molar-refractivity contribution is 0.595. The number of nitrogens with zero attached hydrogens (tertiary/aromatic N) is 1. The molecule has 2 aromatic carbocycles. The summed E-state index contributed by atoms with van der Waals surface area (Å²) in [5.74, 6) is 0.282. The van der Waals surface area contributed by atoms with Gasteiger partial charge in [0.05, 0.1) is 11.8 Å². The summed E-state index contributed by atoms with van der Waals surface area (Å²) in [5.41, 5.74) is 3.20. The number of hydrogen-bond acceptors (Lipinski definition) is 3. The fourth-order valence-electron chi connectivity index (χ4n) is 3.14. The molecule has 3 rings (SSSR count). The van der Waals surface area contributed by atoms with Crippen LogP contribution in [0.15, 0.2) is 60.8 Å². The van der Waals surface area contributed by atoms with Crippen LogP contribution in [0.2, 0.25) is 0 Å². The van der Waals surface area contributed by atoms with E-state index >= 15 is 0 Å². The Labute approximate surface area is 155 Å². The van der Waals surface area contributed by atoms with Crippen molar-refractivity contribution in [3.63, 3.8) is 0 Å². The molecule has 0 saturated carbocycles. The van der Waals surface area contributed by atoms with Crippen LogP contribution in [0.1, 0.15) is 23.5 Å². The minimum atomic E-state index is -3.28. The molecule has 0 spiro atoms. The van der Waals surface area contributed by atoms with Crippen LogP contribution in [0.25, 0.3) is 10.9 Å². The molecule has 0 aliphatic rings. The first-order valence-corrected chi connectivity index (χ1v) is 9.86. The third-order valence-corrected chi connectivity index (χ3v) is 5.36. The molecule has 6 heteroatoms. The van der Waals surface area contributed by atoms with Gasteiger partial charge in [-0.1, -0.05) is 36.4 Å². The van der Waals surface area contributed by atoms with E-state index in [-0.39, 0.29) is 18.3 Å². The van der Waals surface area contributed by atoms with E-state index in [2.05, 4.69) is 35.6 Å². The van der Waals surface area contributed by atoms with Crippen molar-refractivity contribution in [1.82, 2.24) is 9.29 Å². The molecule has 0 aliphatic heterocycles. The zero-order chi connectivity index (χ0) is 17.2. The molecule has 1 atom stereocenters. The van der Waals surface area contributed by atoms with E-state index in [0.717, 1.165) is 23.9 Å². The van der Waals surface area contributed by atoms with Gasteiger partial charge in [0.15, 0.2) is 0 Å². The molecular weight excluding hydrogens is 356 g/mol. The van der Waals surface area contributed by atoms with Gasteiger partial charge in [-0.05, 0) is 49.3 Å². The maximum absolute atomic E-state index is 11.8. The van der Waals surface area contributed by atoms with E-state index in [1.54, 1.807) is 6.20 Å². The first kappa shape index (κ1) is 19.5. The second-order valence-corrected chi connectivity index (χ2v) is 7.91. The maximum Gasteiger partial charge on any atom is 0.236 e. The van der Waals surface area contributed by atoms with Crippen LogP contribution in [-0.2, 0) is 10.0 Å². The molecule has 0 bridgehead atoms. The summed E-state index contributed by atoms with van der Waals surface area (Å²) in [6.45, 7) is 0.919. The number of benzene rings is 2. The smallest absolute Gasteiger partial charge is 0.236 e. The van der Waals surface area contributed by atoms with Gasteiger partial charge in [-0.15, -0.1) is 12.4 Å². The van der Waals surface area contributed by atoms with Crippen molar-refractivity contribution in [2.75, 3.05) is 19.8 Å². The highest BCUT2D eigenvalue weighted by molar-refractivity contribution is 7.89. The minimum Gasteiger partial charge on any atom is -0.320 e. The van der Waals surface area contributed by atoms with Gasteiger partial charge < -0.3 is 5.32 Å². The largest absolute Gasteiger partial charge is 0.320 e. The number of rotatable bonds is 6. The Morgan fingerprint density at radius 3 is 2.40 bits per heavy atom. The zero-order valence-electron chi connectivity index (χ0n) is 14.3. The van der Waals surface area contributed by atoms with Crippen molar-refractivity contribution in [3.05, 3.63) is 71.9 Å². The summed E-state index contributed by atoms with van der Waals surface area (Å²) >= 11 is 0. The molecule has 0 amide bonds. The SMILES string of the molecule is CNCCC(c1ccccc1)c1ccc2c(ccn2S(C)(=O)=O)c1.Cl. The first-order valence-electron chi connectivity index (χ1n) is 8.02. The zero-order valence-corrected chi connectivity index (χ0v) is 16.0. The molecule has 0 aliphatic carbocycles. The first-order chi connectivity index (χ1) is 11.5. The topological polar surface area (TPSA) is 51.1 Å². The Morgan fingerprint density at radius 1 is 1.04 bits per heavy atom. The highest BCUT2D eigenvalue weighted by Gasteiger charge is 2.16. The summed E-state index contributed by atoms with van der Waals surface area (Å²) in [4.78, 5) is 0. The van der Waals surface area contributed by atoms with E-state index in [4.69, 9.17) is 0 Å². The molecule has 4 nitrogen and oxygen atoms in total. The van der Waals surface area contributed by atoms with Gasteiger partial charge in [0.25, 0.3) is 0 Å². The Hall–Kier alpha value is -1.82. The lowest BCUT2D eigenvalue weighted by Crippen LogP contribution is -2.13. The molecule has 25 heavy (non-hydrogen) atoms. The van der Waals surface area contributed by atoms with Gasteiger partial charge in [-0.25, -0.2) is 12.4 Å². The standard InChI is InChI=1S/C19H22N2O2S.ClH/c1-20-12-10-18(15-6-4-3-5-7-15)16-8-9-19-17(14-16)11-13-21(19)24(2,22)23;/h3-9,11,13-14,18,20H,10,12H2,1-2H3;1H. The second kappa shape index (κ2) is 8.04. The van der Waals surface area contributed by atoms with Gasteiger partial charge in [-0.3, -0.25) is 0 Å². The average Bonchev–Trinajstić information content (AvgIpc) is 3.00. The van der Waals surface area contributed by atoms with E-state index < -0.39 is 10.0 Å². The molecule has 1 aromatic heterocycles. The lowest BCUT2D eigenvalue weighted by Gasteiger charge is -2.18. The van der Waals surface area contributed by atoms with E-state index in [9.17, 15) is 8.42 Å². The predicted molar refractivity (Wildman–Crippen MR) is 106 cm³/mol.